The molecule has 0 amide bonds. The highest BCUT2D eigenvalue weighted by molar-refractivity contribution is 4.90. The molecule has 0 aromatic heterocycles. The molecule has 0 radical (unpaired) electrons. The molecular formula is C14H28N2. The van der Waals surface area contributed by atoms with Crippen LogP contribution in [-0.2, 0) is 0 Å². The summed E-state index contributed by atoms with van der Waals surface area (Å²) in [5, 5.41) is 3.50. The SMILES string of the molecule is CC1CNCCC1N1CCC(C(C)(C)C)C1. The minimum atomic E-state index is 0.491. The van der Waals surface area contributed by atoms with Gasteiger partial charge in [0, 0.05) is 12.6 Å². The summed E-state index contributed by atoms with van der Waals surface area (Å²) < 4.78 is 0. The molecule has 3 unspecified atom stereocenters. The average molecular weight is 224 g/mol. The van der Waals surface area contributed by atoms with Crippen molar-refractivity contribution >= 4 is 0 Å². The summed E-state index contributed by atoms with van der Waals surface area (Å²) in [5.41, 5.74) is 0.491. The van der Waals surface area contributed by atoms with Crippen molar-refractivity contribution in [2.24, 2.45) is 17.3 Å². The van der Waals surface area contributed by atoms with E-state index in [0.717, 1.165) is 17.9 Å². The Kier molecular flexibility index (Phi) is 3.60. The smallest absolute Gasteiger partial charge is 0.0145 e. The monoisotopic (exact) mass is 224 g/mol. The van der Waals surface area contributed by atoms with Crippen LogP contribution in [0.15, 0.2) is 0 Å². The highest BCUT2D eigenvalue weighted by Crippen LogP contribution is 2.35. The molecule has 2 saturated heterocycles. The van der Waals surface area contributed by atoms with Crippen molar-refractivity contribution < 1.29 is 0 Å². The summed E-state index contributed by atoms with van der Waals surface area (Å²) in [5.74, 6) is 1.72. The van der Waals surface area contributed by atoms with Gasteiger partial charge in [-0.15, -0.1) is 0 Å². The zero-order valence-corrected chi connectivity index (χ0v) is 11.4. The first-order valence-electron chi connectivity index (χ1n) is 6.93. The van der Waals surface area contributed by atoms with Crippen LogP contribution < -0.4 is 5.32 Å². The van der Waals surface area contributed by atoms with E-state index in [4.69, 9.17) is 0 Å². The summed E-state index contributed by atoms with van der Waals surface area (Å²) in [6, 6.07) is 0.841. The van der Waals surface area contributed by atoms with Crippen LogP contribution in [0.25, 0.3) is 0 Å². The number of nitrogens with one attached hydrogen (secondary N) is 1. The lowest BCUT2D eigenvalue weighted by Crippen LogP contribution is -2.48. The maximum absolute atomic E-state index is 3.50. The van der Waals surface area contributed by atoms with Crippen molar-refractivity contribution in [2.75, 3.05) is 26.2 Å². The van der Waals surface area contributed by atoms with Gasteiger partial charge in [0.05, 0.1) is 0 Å². The molecule has 2 rings (SSSR count). The zero-order chi connectivity index (χ0) is 11.8. The second-order valence-corrected chi connectivity index (χ2v) is 6.88. The van der Waals surface area contributed by atoms with Crippen molar-refractivity contribution in [1.29, 1.82) is 0 Å². The Bertz CT molecular complexity index is 231. The lowest BCUT2D eigenvalue weighted by atomic mass is 9.80. The van der Waals surface area contributed by atoms with E-state index in [9.17, 15) is 0 Å². The van der Waals surface area contributed by atoms with Crippen LogP contribution in [0.5, 0.6) is 0 Å². The number of nitrogens with zero attached hydrogens (tertiary/aromatic N) is 1. The first-order valence-corrected chi connectivity index (χ1v) is 6.93. The minimum absolute atomic E-state index is 0.491. The molecule has 2 aliphatic heterocycles. The van der Waals surface area contributed by atoms with E-state index in [0.29, 0.717) is 5.41 Å². The Balaban J connectivity index is 1.92. The van der Waals surface area contributed by atoms with Gasteiger partial charge < -0.3 is 5.32 Å². The molecular weight excluding hydrogens is 196 g/mol. The van der Waals surface area contributed by atoms with E-state index < -0.39 is 0 Å². The van der Waals surface area contributed by atoms with Crippen molar-refractivity contribution in [2.45, 2.75) is 46.6 Å². The summed E-state index contributed by atoms with van der Waals surface area (Å²) in [7, 11) is 0. The average Bonchev–Trinajstić information content (AvgIpc) is 2.66. The van der Waals surface area contributed by atoms with Crippen LogP contribution >= 0.6 is 0 Å². The lowest BCUT2D eigenvalue weighted by Gasteiger charge is -2.37. The van der Waals surface area contributed by atoms with Gasteiger partial charge in [-0.25, -0.2) is 0 Å². The van der Waals surface area contributed by atoms with Crippen molar-refractivity contribution in [1.82, 2.24) is 10.2 Å². The van der Waals surface area contributed by atoms with Crippen LogP contribution in [-0.4, -0.2) is 37.1 Å². The summed E-state index contributed by atoms with van der Waals surface area (Å²) >= 11 is 0. The topological polar surface area (TPSA) is 15.3 Å². The normalized spacial score (nSPS) is 37.9. The van der Waals surface area contributed by atoms with Crippen molar-refractivity contribution in [3.8, 4) is 0 Å². The van der Waals surface area contributed by atoms with E-state index in [2.05, 4.69) is 37.9 Å². The fourth-order valence-corrected chi connectivity index (χ4v) is 3.34. The fraction of sp³-hybridized carbons (Fsp3) is 1.00. The number of hydrogen-bond donors (Lipinski definition) is 1. The number of likely N-dealkylation sites (tertiary alicyclic amines) is 1. The Morgan fingerprint density at radius 3 is 2.50 bits per heavy atom. The summed E-state index contributed by atoms with van der Waals surface area (Å²) in [6.07, 6.45) is 2.75. The van der Waals surface area contributed by atoms with Crippen LogP contribution in [0.3, 0.4) is 0 Å². The minimum Gasteiger partial charge on any atom is -0.316 e. The standard InChI is InChI=1S/C14H28N2/c1-11-9-15-7-5-13(11)16-8-6-12(10-16)14(2,3)4/h11-13,15H,5-10H2,1-4H3. The first-order chi connectivity index (χ1) is 7.48. The molecule has 2 nitrogen and oxygen atoms in total. The van der Waals surface area contributed by atoms with Crippen molar-refractivity contribution in [3.63, 3.8) is 0 Å². The molecule has 0 aliphatic carbocycles. The molecule has 0 saturated carbocycles. The summed E-state index contributed by atoms with van der Waals surface area (Å²) in [4.78, 5) is 2.77. The molecule has 2 heteroatoms. The van der Waals surface area contributed by atoms with E-state index in [1.807, 2.05) is 0 Å². The lowest BCUT2D eigenvalue weighted by molar-refractivity contribution is 0.130. The maximum atomic E-state index is 3.50. The molecule has 0 aromatic rings. The number of piperidine rings is 1. The van der Waals surface area contributed by atoms with E-state index in [-0.39, 0.29) is 0 Å². The molecule has 2 aliphatic rings. The Labute approximate surface area is 101 Å². The van der Waals surface area contributed by atoms with Gasteiger partial charge in [-0.05, 0) is 49.7 Å². The zero-order valence-electron chi connectivity index (χ0n) is 11.4. The molecule has 1 N–H and O–H groups in total. The maximum Gasteiger partial charge on any atom is 0.0145 e. The van der Waals surface area contributed by atoms with Gasteiger partial charge in [-0.2, -0.15) is 0 Å². The quantitative estimate of drug-likeness (QED) is 0.735. The van der Waals surface area contributed by atoms with Gasteiger partial charge >= 0.3 is 0 Å². The molecule has 94 valence electrons. The third-order valence-electron chi connectivity index (χ3n) is 4.65. The van der Waals surface area contributed by atoms with E-state index in [1.165, 1.54) is 39.0 Å². The Morgan fingerprint density at radius 1 is 1.19 bits per heavy atom. The molecule has 0 bridgehead atoms. The van der Waals surface area contributed by atoms with Gasteiger partial charge in [-0.3, -0.25) is 4.90 Å². The van der Waals surface area contributed by atoms with E-state index in [1.54, 1.807) is 0 Å². The predicted octanol–water partition coefficient (Wildman–Crippen LogP) is 2.35. The largest absolute Gasteiger partial charge is 0.316 e. The third kappa shape index (κ3) is 2.60. The molecule has 16 heavy (non-hydrogen) atoms. The van der Waals surface area contributed by atoms with Gasteiger partial charge in [0.1, 0.15) is 0 Å². The van der Waals surface area contributed by atoms with Crippen molar-refractivity contribution in [3.05, 3.63) is 0 Å². The van der Waals surface area contributed by atoms with Crippen LogP contribution in [0.1, 0.15) is 40.5 Å². The highest BCUT2D eigenvalue weighted by Gasteiger charge is 2.36. The number of rotatable bonds is 1. The van der Waals surface area contributed by atoms with Crippen LogP contribution in [0.2, 0.25) is 0 Å². The second-order valence-electron chi connectivity index (χ2n) is 6.88. The van der Waals surface area contributed by atoms with Gasteiger partial charge in [-0.1, -0.05) is 27.7 Å². The molecule has 2 fully saturated rings. The third-order valence-corrected chi connectivity index (χ3v) is 4.65. The van der Waals surface area contributed by atoms with Gasteiger partial charge in [0.15, 0.2) is 0 Å². The van der Waals surface area contributed by atoms with Crippen LogP contribution in [0, 0.1) is 17.3 Å². The molecule has 2 heterocycles. The van der Waals surface area contributed by atoms with Crippen LogP contribution in [0.4, 0.5) is 0 Å². The second kappa shape index (κ2) is 4.66. The van der Waals surface area contributed by atoms with E-state index >= 15 is 0 Å². The Hall–Kier alpha value is -0.0800. The van der Waals surface area contributed by atoms with Gasteiger partial charge in [0.25, 0.3) is 0 Å². The predicted molar refractivity (Wildman–Crippen MR) is 69.6 cm³/mol. The molecule has 0 spiro atoms. The fourth-order valence-electron chi connectivity index (χ4n) is 3.34. The van der Waals surface area contributed by atoms with Gasteiger partial charge in [0.2, 0.25) is 0 Å². The molecule has 3 atom stereocenters. The highest BCUT2D eigenvalue weighted by atomic mass is 15.2. The summed E-state index contributed by atoms with van der Waals surface area (Å²) in [6.45, 7) is 14.7. The molecule has 0 aromatic carbocycles. The first kappa shape index (κ1) is 12.4. The number of hydrogen-bond acceptors (Lipinski definition) is 2. The Morgan fingerprint density at radius 2 is 1.94 bits per heavy atom.